The topological polar surface area (TPSA) is 686 Å². The van der Waals surface area contributed by atoms with E-state index in [1.165, 1.54) is 40.2 Å². The number of nitrogens with one attached hydrogen (secondary N) is 14. The predicted octanol–water partition coefficient (Wildman–Crippen LogP) is -10.6. The van der Waals surface area contributed by atoms with Gasteiger partial charge in [-0.2, -0.15) is 0 Å². The van der Waals surface area contributed by atoms with Crippen LogP contribution in [0.5, 0.6) is 0 Å². The summed E-state index contributed by atoms with van der Waals surface area (Å²) < 4.78 is 0. The van der Waals surface area contributed by atoms with E-state index in [0.29, 0.717) is 5.69 Å². The Labute approximate surface area is 640 Å². The van der Waals surface area contributed by atoms with Gasteiger partial charge in [0.05, 0.1) is 38.7 Å². The summed E-state index contributed by atoms with van der Waals surface area (Å²) in [6.45, 7) is 4.38. The highest BCUT2D eigenvalue weighted by Gasteiger charge is 2.44. The number of carbonyl (C=O) groups excluding carboxylic acids is 18. The number of aromatic nitrogens is 2. The molecular weight excluding hydrogens is 1520 g/mol. The first-order valence-electron chi connectivity index (χ1n) is 34.6. The van der Waals surface area contributed by atoms with Crippen molar-refractivity contribution in [2.75, 3.05) is 55.8 Å². The molecular formula is C62H96N22O21S4. The van der Waals surface area contributed by atoms with Crippen LogP contribution in [0, 0.1) is 11.8 Å². The molecule has 0 aliphatic carbocycles. The smallest absolute Gasteiger partial charge is 0.305 e. The molecule has 16 atom stereocenters. The number of imidazole rings is 1. The van der Waals surface area contributed by atoms with Gasteiger partial charge in [-0.25, -0.2) is 4.98 Å². The van der Waals surface area contributed by atoms with Crippen LogP contribution in [0.2, 0.25) is 0 Å². The average Bonchev–Trinajstić information content (AvgIpc) is 1.72. The summed E-state index contributed by atoms with van der Waals surface area (Å²) >= 11 is 0. The van der Waals surface area contributed by atoms with Crippen molar-refractivity contribution in [2.24, 2.45) is 40.5 Å². The Balaban J connectivity index is 1.65. The molecule has 47 heteroatoms. The SMILES string of the molecule is CC[C@H](C)[C@@H]1NC(=O)[C@H](CC(=O)O)NC(=O)[C@@H]2CCCN2C(=O)[C@H](CC(N)=O)NC(=O)[C@H](CC(N)=O)NC(=O)[C@H](C(C)C)NC(=O)[C@H](CO)NC(=O)[C@@H]2CSSC[C@H](NC(=O)CN)C(=O)N[C@@H](CSSC[C@@H](C(N)=O)NC1=O)C(=O)NC(CN)C(=O)N[C@@H](Cc1cnc[nH]1)C(=O)N1CCC[C@H]1C(=O)N[C@@H](C)C(=O)N2. The van der Waals surface area contributed by atoms with Gasteiger partial charge in [0.15, 0.2) is 0 Å². The van der Waals surface area contributed by atoms with Crippen LogP contribution in [0.1, 0.15) is 91.7 Å². The molecule has 18 amide bonds. The molecule has 4 saturated heterocycles. The Morgan fingerprint density at radius 2 is 1.01 bits per heavy atom. The van der Waals surface area contributed by atoms with Crippen LogP contribution in [-0.2, 0) is 97.5 Å². The van der Waals surface area contributed by atoms with E-state index in [-0.39, 0.29) is 51.6 Å². The fourth-order valence-corrected chi connectivity index (χ4v) is 16.1. The first-order chi connectivity index (χ1) is 51.5. The monoisotopic (exact) mass is 1610 g/mol. The van der Waals surface area contributed by atoms with Gasteiger partial charge in [0.1, 0.15) is 90.6 Å². The van der Waals surface area contributed by atoms with Crippen LogP contribution in [0.4, 0.5) is 0 Å². The number of carbonyl (C=O) groups is 19. The Bertz CT molecular complexity index is 3530. The number of H-pyrrole nitrogens is 1. The molecule has 1 aromatic rings. The number of primary amides is 3. The molecule has 1 aromatic heterocycles. The predicted molar refractivity (Wildman–Crippen MR) is 391 cm³/mol. The quantitative estimate of drug-likeness (QED) is 0.0684. The lowest BCUT2D eigenvalue weighted by Gasteiger charge is -2.31. The third-order valence-electron chi connectivity index (χ3n) is 17.7. The number of aliphatic carboxylic acids is 1. The van der Waals surface area contributed by atoms with Crippen LogP contribution in [-0.4, -0.2) is 289 Å². The van der Waals surface area contributed by atoms with Crippen molar-refractivity contribution in [1.29, 1.82) is 0 Å². The number of carboxylic acid groups (broad SMARTS) is 1. The van der Waals surface area contributed by atoms with Gasteiger partial charge in [0.2, 0.25) is 106 Å². The molecule has 2 bridgehead atoms. The van der Waals surface area contributed by atoms with E-state index in [4.69, 9.17) is 28.7 Å². The van der Waals surface area contributed by atoms with E-state index in [0.717, 1.165) is 53.0 Å². The molecule has 43 nitrogen and oxygen atoms in total. The zero-order chi connectivity index (χ0) is 81.1. The van der Waals surface area contributed by atoms with Gasteiger partial charge in [-0.15, -0.1) is 0 Å². The number of carboxylic acids is 1. The molecule has 4 aliphatic rings. The van der Waals surface area contributed by atoms with Gasteiger partial charge >= 0.3 is 5.97 Å². The fourth-order valence-electron chi connectivity index (χ4n) is 11.5. The lowest BCUT2D eigenvalue weighted by Crippen LogP contribution is -2.62. The molecule has 0 aromatic carbocycles. The number of hydrogen-bond acceptors (Lipinski definition) is 27. The molecule has 604 valence electrons. The number of hydrogen-bond donors (Lipinski definition) is 21. The molecule has 4 aliphatic heterocycles. The minimum absolute atomic E-state index is 0.0373. The number of aliphatic hydroxyl groups excluding tert-OH is 1. The Hall–Kier alpha value is -9.58. The molecule has 1 unspecified atom stereocenters. The summed E-state index contributed by atoms with van der Waals surface area (Å²) in [4.78, 5) is 274. The van der Waals surface area contributed by atoms with Crippen LogP contribution in [0.3, 0.4) is 0 Å². The normalized spacial score (nSPS) is 28.6. The van der Waals surface area contributed by atoms with Gasteiger partial charge in [-0.1, -0.05) is 77.3 Å². The largest absolute Gasteiger partial charge is 0.481 e. The molecule has 4 fully saturated rings. The number of nitrogens with two attached hydrogens (primary N) is 5. The summed E-state index contributed by atoms with van der Waals surface area (Å²) in [5.41, 5.74) is 28.9. The van der Waals surface area contributed by atoms with Gasteiger partial charge in [0.25, 0.3) is 0 Å². The fraction of sp³-hybridized carbons (Fsp3) is 0.645. The third kappa shape index (κ3) is 27.2. The molecule has 0 saturated carbocycles. The molecule has 5 heterocycles. The first-order valence-corrected chi connectivity index (χ1v) is 39.6. The second-order valence-electron chi connectivity index (χ2n) is 26.3. The maximum absolute atomic E-state index is 14.7. The number of aliphatic hydroxyl groups is 1. The highest BCUT2D eigenvalue weighted by molar-refractivity contribution is 8.77. The van der Waals surface area contributed by atoms with E-state index < -0.39 is 277 Å². The zero-order valence-electron chi connectivity index (χ0n) is 60.2. The molecule has 109 heavy (non-hydrogen) atoms. The van der Waals surface area contributed by atoms with Gasteiger partial charge in [-0.3, -0.25) is 91.1 Å². The van der Waals surface area contributed by atoms with Crippen LogP contribution >= 0.6 is 43.2 Å². The Morgan fingerprint density at radius 1 is 0.541 bits per heavy atom. The standard InChI is InChI=1S/C62H96N22O21S4/c1-6-27(4)47-60(103)78-36(48(67)91)21-106-108-24-39-55(98)76-34(17-63)52(95)74-32(13-29-19-68-25-69-29)61(104)83-11-7-9-40(83)57(100)70-28(5)49(92)79-38(23-109-107-22-37(54(97)80-39)71-44(88)18-64)56(99)77-35(20-85)53(96)81-46(26(2)3)59(102)73-30(14-42(65)86)50(93)75-33(15-43(66)87)62(105)84-12-8-10-41(84)58(101)72-31(16-45(89)90)51(94)82-47/h19,25-28,30-41,46-47,85H,6-18,20-24,63-64H2,1-5H3,(H2,65,86)(H2,66,87)(H2,67,91)(H,68,69)(H,70,100)(H,71,88)(H,72,101)(H,73,102)(H,74,95)(H,75,93)(H,76,98)(H,77,99)(H,78,103)(H,79,92)(H,80,97)(H,81,96)(H,82,94)(H,89,90)/t27-,28-,30-,31-,32-,33-,34?,35-,36-,37-,38-,39-,40-,41-,46-,47-/m0/s1. The highest BCUT2D eigenvalue weighted by Crippen LogP contribution is 2.27. The van der Waals surface area contributed by atoms with Gasteiger partial charge < -0.3 is 123 Å². The number of nitrogens with zero attached hydrogens (tertiary/aromatic N) is 3. The van der Waals surface area contributed by atoms with Gasteiger partial charge in [-0.05, 0) is 44.4 Å². The minimum Gasteiger partial charge on any atom is -0.481 e. The zero-order valence-corrected chi connectivity index (χ0v) is 63.5. The molecule has 0 radical (unpaired) electrons. The molecule has 5 rings (SSSR count). The first kappa shape index (κ1) is 90.0. The molecule has 0 spiro atoms. The van der Waals surface area contributed by atoms with Crippen molar-refractivity contribution in [3.63, 3.8) is 0 Å². The Morgan fingerprint density at radius 3 is 1.54 bits per heavy atom. The summed E-state index contributed by atoms with van der Waals surface area (Å²) in [7, 11) is 3.17. The second kappa shape index (κ2) is 43.6. The van der Waals surface area contributed by atoms with Crippen LogP contribution in [0.15, 0.2) is 12.5 Å². The van der Waals surface area contributed by atoms with Crippen molar-refractivity contribution in [1.82, 2.24) is 88.9 Å². The number of fused-ring (bicyclic) bond motifs is 10. The van der Waals surface area contributed by atoms with Crippen molar-refractivity contribution in [2.45, 2.75) is 183 Å². The lowest BCUT2D eigenvalue weighted by atomic mass is 9.97. The molecule has 26 N–H and O–H groups in total. The Kier molecular flexibility index (Phi) is 36.0. The summed E-state index contributed by atoms with van der Waals surface area (Å²) in [6.07, 6.45) is -0.334. The van der Waals surface area contributed by atoms with E-state index in [2.05, 4.69) is 79.1 Å². The average molecular weight is 1610 g/mol. The van der Waals surface area contributed by atoms with E-state index in [1.54, 1.807) is 6.92 Å². The van der Waals surface area contributed by atoms with Gasteiger partial charge in [0, 0.05) is 61.0 Å². The third-order valence-corrected chi connectivity index (χ3v) is 22.5. The second-order valence-corrected chi connectivity index (χ2v) is 31.4. The van der Waals surface area contributed by atoms with Crippen LogP contribution in [0.25, 0.3) is 0 Å². The van der Waals surface area contributed by atoms with Crippen molar-refractivity contribution < 1.29 is 101 Å². The van der Waals surface area contributed by atoms with E-state index >= 15 is 0 Å². The lowest BCUT2D eigenvalue weighted by molar-refractivity contribution is -0.145. The maximum atomic E-state index is 14.7. The van der Waals surface area contributed by atoms with Crippen LogP contribution < -0.4 is 97.8 Å². The highest BCUT2D eigenvalue weighted by atomic mass is 33.1. The number of amides is 18. The maximum Gasteiger partial charge on any atom is 0.305 e. The minimum atomic E-state index is -2.01. The number of aromatic amines is 1. The van der Waals surface area contributed by atoms with Crippen molar-refractivity contribution >= 4 is 155 Å². The van der Waals surface area contributed by atoms with E-state index in [1.807, 2.05) is 0 Å². The summed E-state index contributed by atoms with van der Waals surface area (Å²) in [5.74, 6) is -25.1. The van der Waals surface area contributed by atoms with Crippen molar-refractivity contribution in [3.8, 4) is 0 Å². The van der Waals surface area contributed by atoms with Crippen molar-refractivity contribution in [3.05, 3.63) is 18.2 Å². The van der Waals surface area contributed by atoms with E-state index in [9.17, 15) is 101 Å². The summed E-state index contributed by atoms with van der Waals surface area (Å²) in [5, 5.41) is 52.0. The number of rotatable bonds is 16. The summed E-state index contributed by atoms with van der Waals surface area (Å²) in [6, 6.07) is -25.4.